The van der Waals surface area contributed by atoms with Crippen molar-refractivity contribution >= 4 is 11.6 Å². The highest BCUT2D eigenvalue weighted by molar-refractivity contribution is 5.60. The maximum absolute atomic E-state index is 11.9. The van der Waals surface area contributed by atoms with Gasteiger partial charge in [0.2, 0.25) is 5.95 Å². The Kier molecular flexibility index (Phi) is 5.38. The summed E-state index contributed by atoms with van der Waals surface area (Å²) >= 11 is 0. The van der Waals surface area contributed by atoms with Gasteiger partial charge >= 0.3 is 0 Å². The molecule has 0 unspecified atom stereocenters. The minimum atomic E-state index is -0.198. The number of anilines is 1. The summed E-state index contributed by atoms with van der Waals surface area (Å²) in [5.74, 6) is 1.18. The molecule has 1 aliphatic heterocycles. The molecule has 1 aliphatic rings. The molecule has 8 nitrogen and oxygen atoms in total. The standard InChI is InChI=1S/C21H28N6O2/c1-21(2,3)16-6-4-15(5-7-16)19-23-17-14-18(28)25-27(17)20(24-19)22-8-9-26-10-12-29-13-11-26/h4-7,14H,8-13H2,1-3H3,(H,25,28)(H,22,23,24). The molecule has 2 N–H and O–H groups in total. The maximum atomic E-state index is 11.9. The van der Waals surface area contributed by atoms with Gasteiger partial charge in [0.1, 0.15) is 0 Å². The molecule has 29 heavy (non-hydrogen) atoms. The van der Waals surface area contributed by atoms with Crippen molar-refractivity contribution in [3.63, 3.8) is 0 Å². The number of rotatable bonds is 5. The molecule has 1 fully saturated rings. The van der Waals surface area contributed by atoms with Crippen LogP contribution in [0, 0.1) is 0 Å². The third-order valence-corrected chi connectivity index (χ3v) is 5.18. The number of H-pyrrole nitrogens is 1. The second-order valence-electron chi connectivity index (χ2n) is 8.39. The number of fused-ring (bicyclic) bond motifs is 1. The lowest BCUT2D eigenvalue weighted by Crippen LogP contribution is -2.39. The number of hydrogen-bond acceptors (Lipinski definition) is 6. The van der Waals surface area contributed by atoms with Crippen molar-refractivity contribution in [3.8, 4) is 11.4 Å². The summed E-state index contributed by atoms with van der Waals surface area (Å²) in [6.07, 6.45) is 0. The summed E-state index contributed by atoms with van der Waals surface area (Å²) in [7, 11) is 0. The Morgan fingerprint density at radius 3 is 2.55 bits per heavy atom. The van der Waals surface area contributed by atoms with Crippen molar-refractivity contribution in [3.05, 3.63) is 46.2 Å². The van der Waals surface area contributed by atoms with Crippen LogP contribution < -0.4 is 10.9 Å². The van der Waals surface area contributed by atoms with Crippen LogP contribution in [0.15, 0.2) is 35.1 Å². The lowest BCUT2D eigenvalue weighted by molar-refractivity contribution is 0.0398. The molecule has 0 bridgehead atoms. The minimum Gasteiger partial charge on any atom is -0.379 e. The average molecular weight is 396 g/mol. The highest BCUT2D eigenvalue weighted by atomic mass is 16.5. The van der Waals surface area contributed by atoms with Gasteiger partial charge in [-0.15, -0.1) is 0 Å². The SMILES string of the molecule is CC(C)(C)c1ccc(-c2nc(NCCN3CCOCC3)n3[nH]c(=O)cc3n2)cc1. The van der Waals surface area contributed by atoms with E-state index in [0.29, 0.717) is 24.0 Å². The molecule has 0 aliphatic carbocycles. The Morgan fingerprint density at radius 1 is 1.14 bits per heavy atom. The van der Waals surface area contributed by atoms with E-state index in [1.807, 2.05) is 12.1 Å². The molecule has 0 atom stereocenters. The molecule has 154 valence electrons. The quantitative estimate of drug-likeness (QED) is 0.687. The first kappa shape index (κ1) is 19.6. The molecule has 8 heteroatoms. The predicted molar refractivity (Wildman–Crippen MR) is 113 cm³/mol. The van der Waals surface area contributed by atoms with Crippen molar-refractivity contribution in [2.24, 2.45) is 0 Å². The molecule has 0 spiro atoms. The Bertz CT molecular complexity index is 1030. The molecule has 2 aromatic heterocycles. The molecule has 3 aromatic rings. The van der Waals surface area contributed by atoms with E-state index in [-0.39, 0.29) is 11.0 Å². The zero-order valence-electron chi connectivity index (χ0n) is 17.2. The van der Waals surface area contributed by atoms with Crippen LogP contribution in [-0.4, -0.2) is 63.9 Å². The van der Waals surface area contributed by atoms with E-state index in [1.54, 1.807) is 4.52 Å². The van der Waals surface area contributed by atoms with Gasteiger partial charge in [-0.1, -0.05) is 45.0 Å². The van der Waals surface area contributed by atoms with E-state index in [1.165, 1.54) is 11.6 Å². The first-order valence-electron chi connectivity index (χ1n) is 10.0. The van der Waals surface area contributed by atoms with Crippen molar-refractivity contribution < 1.29 is 4.74 Å². The van der Waals surface area contributed by atoms with Crippen molar-refractivity contribution in [2.75, 3.05) is 44.7 Å². The number of benzene rings is 1. The average Bonchev–Trinajstić information content (AvgIpc) is 3.08. The van der Waals surface area contributed by atoms with Gasteiger partial charge in [0, 0.05) is 37.8 Å². The van der Waals surface area contributed by atoms with Gasteiger partial charge in [0.25, 0.3) is 5.56 Å². The first-order valence-corrected chi connectivity index (χ1v) is 10.0. The molecule has 0 amide bonds. The van der Waals surface area contributed by atoms with Crippen molar-refractivity contribution in [2.45, 2.75) is 26.2 Å². The Hall–Kier alpha value is -2.71. The number of nitrogens with zero attached hydrogens (tertiary/aromatic N) is 4. The lowest BCUT2D eigenvalue weighted by atomic mass is 9.87. The van der Waals surface area contributed by atoms with Gasteiger partial charge in [-0.05, 0) is 11.0 Å². The first-order chi connectivity index (χ1) is 13.9. The summed E-state index contributed by atoms with van der Waals surface area (Å²) in [5, 5.41) is 6.12. The van der Waals surface area contributed by atoms with Crippen LogP contribution in [0.5, 0.6) is 0 Å². The van der Waals surface area contributed by atoms with Gasteiger partial charge in [0.05, 0.1) is 13.2 Å². The number of nitrogens with one attached hydrogen (secondary N) is 2. The number of aromatic amines is 1. The largest absolute Gasteiger partial charge is 0.379 e. The second-order valence-corrected chi connectivity index (χ2v) is 8.39. The van der Waals surface area contributed by atoms with Crippen LogP contribution in [0.2, 0.25) is 0 Å². The third-order valence-electron chi connectivity index (χ3n) is 5.18. The van der Waals surface area contributed by atoms with Crippen LogP contribution in [0.4, 0.5) is 5.95 Å². The van der Waals surface area contributed by atoms with E-state index in [0.717, 1.165) is 38.4 Å². The van der Waals surface area contributed by atoms with E-state index in [2.05, 4.69) is 58.2 Å². The van der Waals surface area contributed by atoms with Gasteiger partial charge in [-0.2, -0.15) is 4.98 Å². The van der Waals surface area contributed by atoms with Gasteiger partial charge in [-0.25, -0.2) is 9.50 Å². The van der Waals surface area contributed by atoms with Crippen molar-refractivity contribution in [1.29, 1.82) is 0 Å². The molecular formula is C21H28N6O2. The fourth-order valence-corrected chi connectivity index (χ4v) is 3.43. The van der Waals surface area contributed by atoms with E-state index in [9.17, 15) is 4.79 Å². The maximum Gasteiger partial charge on any atom is 0.266 e. The van der Waals surface area contributed by atoms with Gasteiger partial charge < -0.3 is 10.1 Å². The molecule has 1 saturated heterocycles. The molecule has 4 rings (SSSR count). The summed E-state index contributed by atoms with van der Waals surface area (Å²) in [6.45, 7) is 11.6. The third kappa shape index (κ3) is 4.49. The molecule has 0 radical (unpaired) electrons. The van der Waals surface area contributed by atoms with Crippen LogP contribution >= 0.6 is 0 Å². The lowest BCUT2D eigenvalue weighted by Gasteiger charge is -2.26. The van der Waals surface area contributed by atoms with Crippen LogP contribution in [0.3, 0.4) is 0 Å². The molecule has 3 heterocycles. The van der Waals surface area contributed by atoms with E-state index < -0.39 is 0 Å². The molecular weight excluding hydrogens is 368 g/mol. The number of aromatic nitrogens is 4. The van der Waals surface area contributed by atoms with Gasteiger partial charge in [-0.3, -0.25) is 14.8 Å². The summed E-state index contributed by atoms with van der Waals surface area (Å²) in [6, 6.07) is 9.78. The number of hydrogen-bond donors (Lipinski definition) is 2. The second kappa shape index (κ2) is 7.96. The zero-order chi connectivity index (χ0) is 20.4. The zero-order valence-corrected chi connectivity index (χ0v) is 17.2. The Labute approximate surface area is 169 Å². The summed E-state index contributed by atoms with van der Waals surface area (Å²) in [4.78, 5) is 23.5. The normalized spacial score (nSPS) is 15.7. The molecule has 0 saturated carbocycles. The minimum absolute atomic E-state index is 0.0868. The highest BCUT2D eigenvalue weighted by Crippen LogP contribution is 2.25. The number of ether oxygens (including phenoxy) is 1. The fraction of sp³-hybridized carbons (Fsp3) is 0.476. The topological polar surface area (TPSA) is 87.5 Å². The van der Waals surface area contributed by atoms with Crippen molar-refractivity contribution in [1.82, 2.24) is 24.5 Å². The fourth-order valence-electron chi connectivity index (χ4n) is 3.43. The highest BCUT2D eigenvalue weighted by Gasteiger charge is 2.15. The smallest absolute Gasteiger partial charge is 0.266 e. The van der Waals surface area contributed by atoms with Crippen LogP contribution in [-0.2, 0) is 10.2 Å². The Balaban J connectivity index is 1.59. The van der Waals surface area contributed by atoms with Gasteiger partial charge in [0.15, 0.2) is 11.5 Å². The summed E-state index contributed by atoms with van der Waals surface area (Å²) in [5.41, 5.74) is 2.61. The van der Waals surface area contributed by atoms with Crippen LogP contribution in [0.25, 0.3) is 17.0 Å². The summed E-state index contributed by atoms with van der Waals surface area (Å²) < 4.78 is 7.00. The van der Waals surface area contributed by atoms with E-state index >= 15 is 0 Å². The predicted octanol–water partition coefficient (Wildman–Crippen LogP) is 2.13. The molecule has 1 aromatic carbocycles. The Morgan fingerprint density at radius 2 is 1.86 bits per heavy atom. The van der Waals surface area contributed by atoms with Crippen LogP contribution in [0.1, 0.15) is 26.3 Å². The monoisotopic (exact) mass is 396 g/mol. The van der Waals surface area contributed by atoms with E-state index in [4.69, 9.17) is 4.74 Å². The number of morpholine rings is 1.